The fourth-order valence-electron chi connectivity index (χ4n) is 2.37. The van der Waals surface area contributed by atoms with E-state index in [-0.39, 0.29) is 5.57 Å². The molecule has 4 heteroatoms. The van der Waals surface area contributed by atoms with Crippen LogP contribution in [0.4, 0.5) is 5.69 Å². The second kappa shape index (κ2) is 6.91. The molecule has 0 aliphatic carbocycles. The van der Waals surface area contributed by atoms with E-state index in [1.165, 1.54) is 0 Å². The van der Waals surface area contributed by atoms with E-state index in [0.717, 1.165) is 26.6 Å². The lowest BCUT2D eigenvalue weighted by molar-refractivity contribution is 1.38. The molecule has 2 aromatic carbocycles. The van der Waals surface area contributed by atoms with Crippen molar-refractivity contribution in [2.75, 3.05) is 5.73 Å². The number of benzene rings is 2. The Morgan fingerprint density at radius 2 is 1.67 bits per heavy atom. The van der Waals surface area contributed by atoms with Crippen molar-refractivity contribution in [3.8, 4) is 12.1 Å². The number of nitrogens with two attached hydrogens (primary N) is 1. The van der Waals surface area contributed by atoms with Crippen LogP contribution >= 0.6 is 11.8 Å². The molecule has 0 amide bonds. The van der Waals surface area contributed by atoms with Crippen molar-refractivity contribution in [3.05, 3.63) is 82.3 Å². The molecule has 0 aromatic heterocycles. The third kappa shape index (κ3) is 3.25. The van der Waals surface area contributed by atoms with Crippen molar-refractivity contribution < 1.29 is 0 Å². The summed E-state index contributed by atoms with van der Waals surface area (Å²) in [6.07, 6.45) is 5.86. The number of hydrogen-bond acceptors (Lipinski definition) is 4. The van der Waals surface area contributed by atoms with Crippen molar-refractivity contribution in [3.63, 3.8) is 0 Å². The number of hydrogen-bond donors (Lipinski definition) is 1. The van der Waals surface area contributed by atoms with Crippen LogP contribution in [0, 0.1) is 22.7 Å². The van der Waals surface area contributed by atoms with Crippen molar-refractivity contribution in [2.45, 2.75) is 4.90 Å². The van der Waals surface area contributed by atoms with Gasteiger partial charge >= 0.3 is 0 Å². The highest BCUT2D eigenvalue weighted by Gasteiger charge is 2.17. The van der Waals surface area contributed by atoms with Gasteiger partial charge in [-0.3, -0.25) is 0 Å². The zero-order valence-electron chi connectivity index (χ0n) is 12.7. The highest BCUT2D eigenvalue weighted by molar-refractivity contribution is 8.03. The average Bonchev–Trinajstić information content (AvgIpc) is 2.62. The Morgan fingerprint density at radius 1 is 0.958 bits per heavy atom. The van der Waals surface area contributed by atoms with Gasteiger partial charge < -0.3 is 5.73 Å². The molecule has 1 aliphatic rings. The summed E-state index contributed by atoms with van der Waals surface area (Å²) in [6, 6.07) is 19.4. The molecule has 0 spiro atoms. The van der Waals surface area contributed by atoms with E-state index in [2.05, 4.69) is 0 Å². The second-order valence-electron chi connectivity index (χ2n) is 5.16. The van der Waals surface area contributed by atoms with E-state index in [1.54, 1.807) is 11.8 Å². The van der Waals surface area contributed by atoms with Gasteiger partial charge in [0.05, 0.1) is 0 Å². The first kappa shape index (κ1) is 15.7. The summed E-state index contributed by atoms with van der Waals surface area (Å²) in [6.45, 7) is 0. The maximum Gasteiger partial charge on any atom is 0.137 e. The Balaban J connectivity index is 2.01. The van der Waals surface area contributed by atoms with E-state index >= 15 is 0 Å². The lowest BCUT2D eigenvalue weighted by Crippen LogP contribution is -1.95. The van der Waals surface area contributed by atoms with Gasteiger partial charge in [0, 0.05) is 21.1 Å². The van der Waals surface area contributed by atoms with Gasteiger partial charge in [-0.15, -0.1) is 0 Å². The summed E-state index contributed by atoms with van der Waals surface area (Å²) >= 11 is 1.62. The van der Waals surface area contributed by atoms with E-state index in [1.807, 2.05) is 78.9 Å². The van der Waals surface area contributed by atoms with Crippen LogP contribution in [0.5, 0.6) is 0 Å². The van der Waals surface area contributed by atoms with Crippen LogP contribution in [0.1, 0.15) is 11.1 Å². The molecule has 1 heterocycles. The quantitative estimate of drug-likeness (QED) is 0.637. The van der Waals surface area contributed by atoms with Gasteiger partial charge in [0.2, 0.25) is 0 Å². The Morgan fingerprint density at radius 3 is 2.38 bits per heavy atom. The van der Waals surface area contributed by atoms with Crippen LogP contribution in [0.25, 0.3) is 11.6 Å². The summed E-state index contributed by atoms with van der Waals surface area (Å²) in [5.74, 6) is 0. The van der Waals surface area contributed by atoms with Crippen molar-refractivity contribution >= 4 is 29.1 Å². The lowest BCUT2D eigenvalue weighted by atomic mass is 10.00. The zero-order valence-corrected chi connectivity index (χ0v) is 13.5. The van der Waals surface area contributed by atoms with Gasteiger partial charge in [0.1, 0.15) is 17.7 Å². The fourth-order valence-corrected chi connectivity index (χ4v) is 3.38. The largest absolute Gasteiger partial charge is 0.399 e. The van der Waals surface area contributed by atoms with Crippen molar-refractivity contribution in [1.82, 2.24) is 0 Å². The van der Waals surface area contributed by atoms with Crippen LogP contribution < -0.4 is 5.73 Å². The molecule has 3 rings (SSSR count). The van der Waals surface area contributed by atoms with Gasteiger partial charge in [0.25, 0.3) is 0 Å². The molecule has 0 bridgehead atoms. The number of fused-ring (bicyclic) bond motifs is 1. The molecule has 0 atom stereocenters. The summed E-state index contributed by atoms with van der Waals surface area (Å²) in [5.41, 5.74) is 9.18. The fraction of sp³-hybridized carbons (Fsp3) is 0. The smallest absolute Gasteiger partial charge is 0.137 e. The van der Waals surface area contributed by atoms with Gasteiger partial charge in [-0.1, -0.05) is 48.2 Å². The first-order valence-electron chi connectivity index (χ1n) is 7.28. The minimum atomic E-state index is 0.126. The molecule has 0 fully saturated rings. The SMILES string of the molecule is N#CC(C#N)=C1C=C(/C=C/c2ccc(N)cc2)Sc2ccccc21. The van der Waals surface area contributed by atoms with E-state index in [9.17, 15) is 10.5 Å². The molecular weight excluding hydrogens is 314 g/mol. The predicted octanol–water partition coefficient (Wildman–Crippen LogP) is 4.77. The molecule has 3 nitrogen and oxygen atoms in total. The molecule has 0 unspecified atom stereocenters. The van der Waals surface area contributed by atoms with Gasteiger partial charge in [-0.05, 0) is 41.5 Å². The van der Waals surface area contributed by atoms with E-state index in [4.69, 9.17) is 5.73 Å². The molecule has 114 valence electrons. The number of rotatable bonds is 2. The maximum atomic E-state index is 9.23. The summed E-state index contributed by atoms with van der Waals surface area (Å²) in [7, 11) is 0. The summed E-state index contributed by atoms with van der Waals surface area (Å²) in [5, 5.41) is 18.5. The molecule has 0 saturated carbocycles. The number of nitriles is 2. The third-order valence-electron chi connectivity index (χ3n) is 3.56. The van der Waals surface area contributed by atoms with E-state index in [0.29, 0.717) is 5.57 Å². The predicted molar refractivity (Wildman–Crippen MR) is 98.4 cm³/mol. The Bertz CT molecular complexity index is 936. The molecule has 24 heavy (non-hydrogen) atoms. The molecule has 2 aromatic rings. The minimum Gasteiger partial charge on any atom is -0.399 e. The summed E-state index contributed by atoms with van der Waals surface area (Å²) in [4.78, 5) is 2.01. The van der Waals surface area contributed by atoms with Crippen LogP contribution in [0.2, 0.25) is 0 Å². The molecule has 0 radical (unpaired) electrons. The monoisotopic (exact) mass is 327 g/mol. The Kier molecular flexibility index (Phi) is 4.52. The Labute approximate surface area is 145 Å². The van der Waals surface area contributed by atoms with Crippen molar-refractivity contribution in [2.24, 2.45) is 0 Å². The first-order chi connectivity index (χ1) is 11.7. The number of nitrogens with zero attached hydrogens (tertiary/aromatic N) is 2. The number of anilines is 1. The standard InChI is InChI=1S/C20H13N3S/c21-12-15(13-22)19-11-17(24-20-4-2-1-3-18(19)20)10-7-14-5-8-16(23)9-6-14/h1-11H,23H2/b10-7+. The van der Waals surface area contributed by atoms with Crippen molar-refractivity contribution in [1.29, 1.82) is 10.5 Å². The third-order valence-corrected chi connectivity index (χ3v) is 4.63. The van der Waals surface area contributed by atoms with Crippen LogP contribution in [0.3, 0.4) is 0 Å². The topological polar surface area (TPSA) is 73.6 Å². The van der Waals surface area contributed by atoms with Gasteiger partial charge in [0.15, 0.2) is 0 Å². The number of allylic oxidation sites excluding steroid dienone is 4. The number of thioether (sulfide) groups is 1. The average molecular weight is 327 g/mol. The highest BCUT2D eigenvalue weighted by Crippen LogP contribution is 2.41. The summed E-state index contributed by atoms with van der Waals surface area (Å²) < 4.78 is 0. The molecule has 1 aliphatic heterocycles. The van der Waals surface area contributed by atoms with Crippen LogP contribution in [0.15, 0.2) is 76.1 Å². The van der Waals surface area contributed by atoms with Gasteiger partial charge in [-0.2, -0.15) is 10.5 Å². The second-order valence-corrected chi connectivity index (χ2v) is 6.27. The van der Waals surface area contributed by atoms with E-state index < -0.39 is 0 Å². The molecular formula is C20H13N3S. The van der Waals surface area contributed by atoms with Gasteiger partial charge in [-0.25, -0.2) is 0 Å². The molecule has 2 N–H and O–H groups in total. The first-order valence-corrected chi connectivity index (χ1v) is 8.10. The normalized spacial score (nSPS) is 12.9. The zero-order chi connectivity index (χ0) is 16.9. The lowest BCUT2D eigenvalue weighted by Gasteiger charge is -2.17. The highest BCUT2D eigenvalue weighted by atomic mass is 32.2. The molecule has 0 saturated heterocycles. The number of nitrogen functional groups attached to an aromatic ring is 1. The Hall–Kier alpha value is -3.21. The van der Waals surface area contributed by atoms with Crippen LogP contribution in [-0.2, 0) is 0 Å². The minimum absolute atomic E-state index is 0.126. The maximum absolute atomic E-state index is 9.23. The van der Waals surface area contributed by atoms with Crippen LogP contribution in [-0.4, -0.2) is 0 Å².